The Morgan fingerprint density at radius 3 is 2.05 bits per heavy atom. The monoisotopic (exact) mass is 349 g/mol. The molecule has 0 bridgehead atoms. The molecule has 0 spiro atoms. The number of halogens is 1. The van der Waals surface area contributed by atoms with Gasteiger partial charge in [0.05, 0.1) is 19.8 Å². The third kappa shape index (κ3) is 3.77. The molecule has 0 radical (unpaired) electrons. The summed E-state index contributed by atoms with van der Waals surface area (Å²) in [5.41, 5.74) is 2.30. The van der Waals surface area contributed by atoms with E-state index in [1.165, 1.54) is 5.56 Å². The number of hydrogen-bond acceptors (Lipinski definition) is 3. The molecule has 1 N–H and O–H groups in total. The third-order valence-corrected chi connectivity index (χ3v) is 4.04. The number of methoxy groups -OCH3 is 2. The second-order valence-electron chi connectivity index (χ2n) is 4.75. The molecule has 1 atom stereocenters. The zero-order valence-electron chi connectivity index (χ0n) is 12.5. The number of benzene rings is 2. The SMILES string of the molecule is CNC(Cc1ccc(Br)cc1)c1c(OC)cccc1OC. The average molecular weight is 350 g/mol. The molecule has 0 fully saturated rings. The molecule has 0 aliphatic carbocycles. The van der Waals surface area contributed by atoms with E-state index in [0.29, 0.717) is 0 Å². The fourth-order valence-corrected chi connectivity index (χ4v) is 2.69. The molecular formula is C17H20BrNO2. The molecule has 2 aromatic rings. The maximum atomic E-state index is 5.50. The molecule has 112 valence electrons. The van der Waals surface area contributed by atoms with Gasteiger partial charge in [-0.2, -0.15) is 0 Å². The van der Waals surface area contributed by atoms with Crippen LogP contribution < -0.4 is 14.8 Å². The first kappa shape index (κ1) is 15.9. The summed E-state index contributed by atoms with van der Waals surface area (Å²) >= 11 is 3.46. The lowest BCUT2D eigenvalue weighted by atomic mass is 9.97. The summed E-state index contributed by atoms with van der Waals surface area (Å²) in [6.45, 7) is 0. The van der Waals surface area contributed by atoms with Gasteiger partial charge in [-0.15, -0.1) is 0 Å². The van der Waals surface area contributed by atoms with Gasteiger partial charge in [0.1, 0.15) is 11.5 Å². The number of ether oxygens (including phenoxy) is 2. The Balaban J connectivity index is 2.34. The van der Waals surface area contributed by atoms with Gasteiger partial charge in [0, 0.05) is 10.5 Å². The summed E-state index contributed by atoms with van der Waals surface area (Å²) in [7, 11) is 5.32. The molecular weight excluding hydrogens is 330 g/mol. The lowest BCUT2D eigenvalue weighted by molar-refractivity contribution is 0.373. The second kappa shape index (κ2) is 7.48. The van der Waals surface area contributed by atoms with Crippen molar-refractivity contribution in [3.8, 4) is 11.5 Å². The molecule has 0 saturated heterocycles. The van der Waals surface area contributed by atoms with Crippen LogP contribution in [0.5, 0.6) is 11.5 Å². The fraction of sp³-hybridized carbons (Fsp3) is 0.294. The molecule has 0 saturated carbocycles. The van der Waals surface area contributed by atoms with Gasteiger partial charge in [-0.1, -0.05) is 34.1 Å². The molecule has 1 unspecified atom stereocenters. The highest BCUT2D eigenvalue weighted by Crippen LogP contribution is 2.35. The molecule has 3 nitrogen and oxygen atoms in total. The van der Waals surface area contributed by atoms with Crippen molar-refractivity contribution in [2.75, 3.05) is 21.3 Å². The first-order valence-electron chi connectivity index (χ1n) is 6.82. The minimum atomic E-state index is 0.122. The predicted molar refractivity (Wildman–Crippen MR) is 89.2 cm³/mol. The van der Waals surface area contributed by atoms with Crippen molar-refractivity contribution in [1.82, 2.24) is 5.32 Å². The van der Waals surface area contributed by atoms with Gasteiger partial charge >= 0.3 is 0 Å². The number of hydrogen-bond donors (Lipinski definition) is 1. The summed E-state index contributed by atoms with van der Waals surface area (Å²) in [5, 5.41) is 3.36. The summed E-state index contributed by atoms with van der Waals surface area (Å²) < 4.78 is 12.1. The van der Waals surface area contributed by atoms with Crippen molar-refractivity contribution in [2.24, 2.45) is 0 Å². The number of likely N-dealkylation sites (N-methyl/N-ethyl adjacent to an activating group) is 1. The van der Waals surface area contributed by atoms with Crippen molar-refractivity contribution in [3.05, 3.63) is 58.1 Å². The number of nitrogens with one attached hydrogen (secondary N) is 1. The van der Waals surface area contributed by atoms with Crippen LogP contribution in [0.4, 0.5) is 0 Å². The molecule has 0 heterocycles. The minimum absolute atomic E-state index is 0.122. The van der Waals surface area contributed by atoms with E-state index in [4.69, 9.17) is 9.47 Å². The van der Waals surface area contributed by atoms with E-state index in [9.17, 15) is 0 Å². The van der Waals surface area contributed by atoms with E-state index in [2.05, 4.69) is 45.5 Å². The van der Waals surface area contributed by atoms with E-state index in [0.717, 1.165) is 28.0 Å². The molecule has 2 rings (SSSR count). The van der Waals surface area contributed by atoms with Crippen molar-refractivity contribution < 1.29 is 9.47 Å². The van der Waals surface area contributed by atoms with Crippen LogP contribution in [-0.4, -0.2) is 21.3 Å². The fourth-order valence-electron chi connectivity index (χ4n) is 2.43. The van der Waals surface area contributed by atoms with Crippen LogP contribution in [0.3, 0.4) is 0 Å². The molecule has 0 aromatic heterocycles. The molecule has 2 aromatic carbocycles. The Labute approximate surface area is 134 Å². The molecule has 0 amide bonds. The zero-order chi connectivity index (χ0) is 15.2. The third-order valence-electron chi connectivity index (χ3n) is 3.52. The zero-order valence-corrected chi connectivity index (χ0v) is 14.1. The average Bonchev–Trinajstić information content (AvgIpc) is 2.53. The maximum Gasteiger partial charge on any atom is 0.127 e. The van der Waals surface area contributed by atoms with Crippen molar-refractivity contribution in [1.29, 1.82) is 0 Å². The van der Waals surface area contributed by atoms with E-state index < -0.39 is 0 Å². The highest BCUT2D eigenvalue weighted by molar-refractivity contribution is 9.10. The first-order chi connectivity index (χ1) is 10.2. The van der Waals surface area contributed by atoms with Gasteiger partial charge in [-0.05, 0) is 43.3 Å². The standard InChI is InChI=1S/C17H20BrNO2/c1-19-14(11-12-7-9-13(18)10-8-12)17-15(20-2)5-4-6-16(17)21-3/h4-10,14,19H,11H2,1-3H3. The molecule has 0 aliphatic rings. The van der Waals surface area contributed by atoms with Crippen LogP contribution in [-0.2, 0) is 6.42 Å². The predicted octanol–water partition coefficient (Wildman–Crippen LogP) is 3.97. The van der Waals surface area contributed by atoms with Gasteiger partial charge < -0.3 is 14.8 Å². The van der Waals surface area contributed by atoms with Crippen LogP contribution in [0.2, 0.25) is 0 Å². The van der Waals surface area contributed by atoms with E-state index in [1.807, 2.05) is 25.2 Å². The van der Waals surface area contributed by atoms with Crippen molar-refractivity contribution >= 4 is 15.9 Å². The second-order valence-corrected chi connectivity index (χ2v) is 5.66. The lowest BCUT2D eigenvalue weighted by Gasteiger charge is -2.22. The first-order valence-corrected chi connectivity index (χ1v) is 7.61. The smallest absolute Gasteiger partial charge is 0.127 e. The van der Waals surface area contributed by atoms with E-state index >= 15 is 0 Å². The highest BCUT2D eigenvalue weighted by atomic mass is 79.9. The van der Waals surface area contributed by atoms with Crippen LogP contribution in [0, 0.1) is 0 Å². The van der Waals surface area contributed by atoms with Crippen molar-refractivity contribution in [2.45, 2.75) is 12.5 Å². The quantitative estimate of drug-likeness (QED) is 0.855. The minimum Gasteiger partial charge on any atom is -0.496 e. The van der Waals surface area contributed by atoms with E-state index in [1.54, 1.807) is 14.2 Å². The Hall–Kier alpha value is -1.52. The summed E-state index contributed by atoms with van der Waals surface area (Å²) in [6, 6.07) is 14.3. The van der Waals surface area contributed by atoms with Gasteiger partial charge in [-0.25, -0.2) is 0 Å². The Morgan fingerprint density at radius 2 is 1.57 bits per heavy atom. The normalized spacial score (nSPS) is 12.0. The maximum absolute atomic E-state index is 5.50. The van der Waals surface area contributed by atoms with E-state index in [-0.39, 0.29) is 6.04 Å². The van der Waals surface area contributed by atoms with Crippen molar-refractivity contribution in [3.63, 3.8) is 0 Å². The summed E-state index contributed by atoms with van der Waals surface area (Å²) in [6.07, 6.45) is 0.862. The lowest BCUT2D eigenvalue weighted by Crippen LogP contribution is -2.20. The number of rotatable bonds is 6. The van der Waals surface area contributed by atoms with Crippen LogP contribution in [0.15, 0.2) is 46.9 Å². The van der Waals surface area contributed by atoms with Crippen LogP contribution in [0.25, 0.3) is 0 Å². The molecule has 4 heteroatoms. The molecule has 0 aliphatic heterocycles. The molecule has 21 heavy (non-hydrogen) atoms. The summed E-state index contributed by atoms with van der Waals surface area (Å²) in [4.78, 5) is 0. The highest BCUT2D eigenvalue weighted by Gasteiger charge is 2.19. The van der Waals surface area contributed by atoms with Gasteiger partial charge in [0.25, 0.3) is 0 Å². The van der Waals surface area contributed by atoms with Crippen LogP contribution in [0.1, 0.15) is 17.2 Å². The van der Waals surface area contributed by atoms with Gasteiger partial charge in [0.2, 0.25) is 0 Å². The Morgan fingerprint density at radius 1 is 1.00 bits per heavy atom. The summed E-state index contributed by atoms with van der Waals surface area (Å²) in [5.74, 6) is 1.68. The van der Waals surface area contributed by atoms with Gasteiger partial charge in [0.15, 0.2) is 0 Å². The Bertz CT molecular complexity index is 562. The van der Waals surface area contributed by atoms with Crippen LogP contribution >= 0.6 is 15.9 Å². The topological polar surface area (TPSA) is 30.5 Å². The Kier molecular flexibility index (Phi) is 5.65. The van der Waals surface area contributed by atoms with Gasteiger partial charge in [-0.3, -0.25) is 0 Å². The largest absolute Gasteiger partial charge is 0.496 e.